The molecule has 3 rings (SSSR count). The van der Waals surface area contributed by atoms with Crippen molar-refractivity contribution in [2.24, 2.45) is 0 Å². The van der Waals surface area contributed by atoms with Crippen LogP contribution >= 0.6 is 0 Å². The van der Waals surface area contributed by atoms with E-state index in [1.54, 1.807) is 54.6 Å². The minimum absolute atomic E-state index is 0.0215. The van der Waals surface area contributed by atoms with E-state index in [1.807, 2.05) is 0 Å². The third-order valence-corrected chi connectivity index (χ3v) is 10.2. The highest BCUT2D eigenvalue weighted by Crippen LogP contribution is 2.31. The molecular formula is C23H24O6S2. The van der Waals surface area contributed by atoms with Crippen molar-refractivity contribution in [1.82, 2.24) is 0 Å². The van der Waals surface area contributed by atoms with Gasteiger partial charge in [-0.05, 0) is 54.8 Å². The Balaban J connectivity index is 2.01. The SMILES string of the molecule is COc1ccc(CCC(S(=O)(=O)c2ccccc2)S(=O)(=O)c2ccccc2)cc1OC. The van der Waals surface area contributed by atoms with E-state index in [4.69, 9.17) is 9.47 Å². The maximum Gasteiger partial charge on any atom is 0.195 e. The molecule has 0 heterocycles. The van der Waals surface area contributed by atoms with E-state index in [1.165, 1.54) is 38.5 Å². The van der Waals surface area contributed by atoms with E-state index in [0.29, 0.717) is 11.5 Å². The number of methoxy groups -OCH3 is 2. The molecule has 0 radical (unpaired) electrons. The fourth-order valence-electron chi connectivity index (χ4n) is 3.32. The number of hydrogen-bond acceptors (Lipinski definition) is 6. The standard InChI is InChI=1S/C23H24O6S2/c1-28-21-15-13-18(17-22(21)29-2)14-16-23(30(24,25)19-9-5-3-6-10-19)31(26,27)20-11-7-4-8-12-20/h3-13,15,17,23H,14,16H2,1-2H3. The number of rotatable bonds is 9. The van der Waals surface area contributed by atoms with Crippen LogP contribution in [0.3, 0.4) is 0 Å². The Kier molecular flexibility index (Phi) is 7.02. The zero-order chi connectivity index (χ0) is 22.5. The lowest BCUT2D eigenvalue weighted by Gasteiger charge is -2.19. The van der Waals surface area contributed by atoms with Crippen LogP contribution in [0.5, 0.6) is 11.5 Å². The van der Waals surface area contributed by atoms with E-state index in [2.05, 4.69) is 0 Å². The topological polar surface area (TPSA) is 86.7 Å². The van der Waals surface area contributed by atoms with Crippen molar-refractivity contribution in [2.45, 2.75) is 27.2 Å². The summed E-state index contributed by atoms with van der Waals surface area (Å²) in [4.78, 5) is -0.0429. The highest BCUT2D eigenvalue weighted by Gasteiger charge is 2.39. The van der Waals surface area contributed by atoms with Crippen molar-refractivity contribution < 1.29 is 26.3 Å². The molecule has 0 saturated carbocycles. The molecule has 0 aromatic heterocycles. The molecule has 0 spiro atoms. The maximum atomic E-state index is 13.4. The van der Waals surface area contributed by atoms with Gasteiger partial charge in [0, 0.05) is 0 Å². The second kappa shape index (κ2) is 9.53. The molecular weight excluding hydrogens is 436 g/mol. The predicted molar refractivity (Wildman–Crippen MR) is 119 cm³/mol. The summed E-state index contributed by atoms with van der Waals surface area (Å²) < 4.78 is 62.4. The number of sulfone groups is 2. The van der Waals surface area contributed by atoms with Crippen molar-refractivity contribution in [3.63, 3.8) is 0 Å². The number of aryl methyl sites for hydroxylation is 1. The van der Waals surface area contributed by atoms with Gasteiger partial charge in [-0.15, -0.1) is 0 Å². The van der Waals surface area contributed by atoms with Gasteiger partial charge in [0.15, 0.2) is 35.8 Å². The summed E-state index contributed by atoms with van der Waals surface area (Å²) in [7, 11) is -5.27. The summed E-state index contributed by atoms with van der Waals surface area (Å²) in [6.45, 7) is 0. The average Bonchev–Trinajstić information content (AvgIpc) is 2.80. The summed E-state index contributed by atoms with van der Waals surface area (Å²) >= 11 is 0. The molecule has 164 valence electrons. The van der Waals surface area contributed by atoms with Crippen LogP contribution in [0.2, 0.25) is 0 Å². The quantitative estimate of drug-likeness (QED) is 0.481. The molecule has 0 unspecified atom stereocenters. The highest BCUT2D eigenvalue weighted by molar-refractivity contribution is 8.09. The lowest BCUT2D eigenvalue weighted by molar-refractivity contribution is 0.354. The predicted octanol–water partition coefficient (Wildman–Crippen LogP) is 3.91. The molecule has 3 aromatic rings. The summed E-state index contributed by atoms with van der Waals surface area (Å²) in [5, 5.41) is 0. The zero-order valence-corrected chi connectivity index (χ0v) is 18.9. The van der Waals surface area contributed by atoms with Gasteiger partial charge in [0.25, 0.3) is 0 Å². The van der Waals surface area contributed by atoms with Crippen LogP contribution in [0, 0.1) is 0 Å². The molecule has 0 atom stereocenters. The molecule has 0 aliphatic rings. The van der Waals surface area contributed by atoms with Gasteiger partial charge in [-0.3, -0.25) is 0 Å². The van der Waals surface area contributed by atoms with Gasteiger partial charge in [-0.1, -0.05) is 42.5 Å². The van der Waals surface area contributed by atoms with Gasteiger partial charge in [-0.2, -0.15) is 0 Å². The summed E-state index contributed by atoms with van der Waals surface area (Å²) in [6.07, 6.45) is 0.118. The van der Waals surface area contributed by atoms with Gasteiger partial charge in [-0.25, -0.2) is 16.8 Å². The van der Waals surface area contributed by atoms with Gasteiger partial charge in [0.05, 0.1) is 24.0 Å². The van der Waals surface area contributed by atoms with Gasteiger partial charge in [0.2, 0.25) is 0 Å². The van der Waals surface area contributed by atoms with Crippen LogP contribution in [0.25, 0.3) is 0 Å². The first-order chi connectivity index (χ1) is 14.8. The Bertz CT molecular complexity index is 1150. The molecule has 0 aliphatic heterocycles. The average molecular weight is 461 g/mol. The van der Waals surface area contributed by atoms with Crippen molar-refractivity contribution in [2.75, 3.05) is 14.2 Å². The normalized spacial score (nSPS) is 12.0. The van der Waals surface area contributed by atoms with Crippen LogP contribution in [-0.4, -0.2) is 35.6 Å². The van der Waals surface area contributed by atoms with Gasteiger partial charge < -0.3 is 9.47 Å². The minimum atomic E-state index is -4.15. The van der Waals surface area contributed by atoms with Crippen molar-refractivity contribution >= 4 is 19.7 Å². The van der Waals surface area contributed by atoms with E-state index < -0.39 is 24.3 Å². The largest absolute Gasteiger partial charge is 0.493 e. The van der Waals surface area contributed by atoms with Crippen molar-refractivity contribution in [3.8, 4) is 11.5 Å². The Labute approximate surface area is 183 Å². The van der Waals surface area contributed by atoms with Gasteiger partial charge >= 0.3 is 0 Å². The Morgan fingerprint density at radius 2 is 1.16 bits per heavy atom. The molecule has 0 bridgehead atoms. The van der Waals surface area contributed by atoms with E-state index in [-0.39, 0.29) is 22.6 Å². The Morgan fingerprint density at radius 3 is 1.61 bits per heavy atom. The molecule has 0 aliphatic carbocycles. The summed E-state index contributed by atoms with van der Waals surface area (Å²) in [5.74, 6) is 1.03. The second-order valence-electron chi connectivity index (χ2n) is 6.87. The van der Waals surface area contributed by atoms with Gasteiger partial charge in [0.1, 0.15) is 0 Å². The second-order valence-corrected chi connectivity index (χ2v) is 11.4. The van der Waals surface area contributed by atoms with Crippen LogP contribution in [-0.2, 0) is 26.1 Å². The summed E-state index contributed by atoms with van der Waals surface area (Å²) in [6, 6.07) is 20.5. The van der Waals surface area contributed by atoms with E-state index in [9.17, 15) is 16.8 Å². The van der Waals surface area contributed by atoms with E-state index in [0.717, 1.165) is 5.56 Å². The van der Waals surface area contributed by atoms with E-state index >= 15 is 0 Å². The van der Waals surface area contributed by atoms with Crippen LogP contribution < -0.4 is 9.47 Å². The first-order valence-electron chi connectivity index (χ1n) is 9.59. The smallest absolute Gasteiger partial charge is 0.195 e. The third kappa shape index (κ3) is 4.91. The highest BCUT2D eigenvalue weighted by atomic mass is 32.3. The van der Waals surface area contributed by atoms with Crippen LogP contribution in [0.15, 0.2) is 88.7 Å². The molecule has 8 heteroatoms. The Morgan fingerprint density at radius 1 is 0.677 bits per heavy atom. The molecule has 31 heavy (non-hydrogen) atoms. The lowest BCUT2D eigenvalue weighted by Crippen LogP contribution is -2.31. The van der Waals surface area contributed by atoms with Crippen LogP contribution in [0.4, 0.5) is 0 Å². The molecule has 6 nitrogen and oxygen atoms in total. The number of ether oxygens (including phenoxy) is 2. The first kappa shape index (κ1) is 22.8. The zero-order valence-electron chi connectivity index (χ0n) is 17.3. The Hall–Kier alpha value is -2.84. The number of benzene rings is 3. The summed E-state index contributed by atoms with van der Waals surface area (Å²) in [5.41, 5.74) is 0.745. The fraction of sp³-hybridized carbons (Fsp3) is 0.217. The maximum absolute atomic E-state index is 13.4. The molecule has 0 saturated heterocycles. The fourth-order valence-corrected chi connectivity index (χ4v) is 7.86. The van der Waals surface area contributed by atoms with Crippen LogP contribution in [0.1, 0.15) is 12.0 Å². The van der Waals surface area contributed by atoms with Crippen molar-refractivity contribution in [1.29, 1.82) is 0 Å². The number of hydrogen-bond donors (Lipinski definition) is 0. The van der Waals surface area contributed by atoms with Crippen molar-refractivity contribution in [3.05, 3.63) is 84.4 Å². The first-order valence-corrected chi connectivity index (χ1v) is 12.7. The third-order valence-electron chi connectivity index (χ3n) is 4.95. The molecule has 0 N–H and O–H groups in total. The molecule has 3 aromatic carbocycles. The minimum Gasteiger partial charge on any atom is -0.493 e. The lowest BCUT2D eigenvalue weighted by atomic mass is 10.1. The molecule has 0 fully saturated rings. The monoisotopic (exact) mass is 460 g/mol. The molecule has 0 amide bonds.